The second kappa shape index (κ2) is 11.2. The van der Waals surface area contributed by atoms with Gasteiger partial charge in [-0.1, -0.05) is 48.0 Å². The van der Waals surface area contributed by atoms with Crippen LogP contribution in [0.4, 0.5) is 11.4 Å². The van der Waals surface area contributed by atoms with E-state index in [2.05, 4.69) is 15.1 Å². The number of para-hydroxylation sites is 1. The molecule has 0 spiro atoms. The molecule has 1 amide bonds. The zero-order valence-electron chi connectivity index (χ0n) is 20.7. The summed E-state index contributed by atoms with van der Waals surface area (Å²) in [6, 6.07) is 17.9. The molecule has 0 saturated carbocycles. The van der Waals surface area contributed by atoms with Crippen LogP contribution in [0, 0.1) is 0 Å². The Kier molecular flexibility index (Phi) is 8.01. The second-order valence-electron chi connectivity index (χ2n) is 8.68. The number of methoxy groups -OCH3 is 1. The van der Waals surface area contributed by atoms with E-state index in [1.54, 1.807) is 56.4 Å². The molecule has 194 valence electrons. The minimum atomic E-state index is -4.05. The quantitative estimate of drug-likeness (QED) is 0.313. The van der Waals surface area contributed by atoms with Crippen LogP contribution in [0.15, 0.2) is 70.0 Å². The van der Waals surface area contributed by atoms with Gasteiger partial charge in [0.25, 0.3) is 10.0 Å². The summed E-state index contributed by atoms with van der Waals surface area (Å²) in [5.41, 5.74) is 6.36. The minimum Gasteiger partial charge on any atom is -0.496 e. The number of rotatable bonds is 9. The predicted octanol–water partition coefficient (Wildman–Crippen LogP) is 3.83. The van der Waals surface area contributed by atoms with E-state index >= 15 is 0 Å². The highest BCUT2D eigenvalue weighted by molar-refractivity contribution is 7.90. The highest BCUT2D eigenvalue weighted by atomic mass is 35.5. The molecule has 4 rings (SSSR count). The first-order chi connectivity index (χ1) is 17.7. The fourth-order valence-electron chi connectivity index (χ4n) is 3.99. The van der Waals surface area contributed by atoms with Crippen molar-refractivity contribution in [1.82, 2.24) is 10.3 Å². The van der Waals surface area contributed by atoms with Crippen molar-refractivity contribution in [3.63, 3.8) is 0 Å². The van der Waals surface area contributed by atoms with Crippen LogP contribution in [-0.2, 0) is 34.3 Å². The average Bonchev–Trinajstić information content (AvgIpc) is 3.26. The largest absolute Gasteiger partial charge is 0.496 e. The van der Waals surface area contributed by atoms with Crippen LogP contribution in [0.1, 0.15) is 16.7 Å². The molecule has 3 aromatic rings. The number of nitrogens with zero attached hydrogens (tertiary/aromatic N) is 3. The third-order valence-electron chi connectivity index (χ3n) is 5.73. The molecule has 0 fully saturated rings. The fourth-order valence-corrected chi connectivity index (χ4v) is 5.38. The van der Waals surface area contributed by atoms with Crippen molar-refractivity contribution < 1.29 is 17.9 Å². The van der Waals surface area contributed by atoms with Crippen molar-refractivity contribution >= 4 is 45.2 Å². The number of hydrogen-bond acceptors (Lipinski definition) is 6. The highest BCUT2D eigenvalue weighted by Gasteiger charge is 2.29. The number of halogens is 1. The van der Waals surface area contributed by atoms with Gasteiger partial charge in [0.2, 0.25) is 5.91 Å². The lowest BCUT2D eigenvalue weighted by atomic mass is 10.1. The molecule has 1 aliphatic rings. The van der Waals surface area contributed by atoms with Gasteiger partial charge in [0, 0.05) is 42.5 Å². The smallest absolute Gasteiger partial charge is 0.284 e. The van der Waals surface area contributed by atoms with Gasteiger partial charge in [-0.05, 0) is 29.8 Å². The van der Waals surface area contributed by atoms with Crippen LogP contribution in [-0.4, -0.2) is 46.8 Å². The predicted molar refractivity (Wildman–Crippen MR) is 146 cm³/mol. The summed E-state index contributed by atoms with van der Waals surface area (Å²) in [6.07, 6.45) is 1.28. The molecule has 0 radical (unpaired) electrons. The maximum Gasteiger partial charge on any atom is 0.284 e. The van der Waals surface area contributed by atoms with Gasteiger partial charge in [0.05, 0.1) is 30.7 Å². The summed E-state index contributed by atoms with van der Waals surface area (Å²) in [5, 5.41) is 5.15. The number of ether oxygens (including phenoxy) is 1. The summed E-state index contributed by atoms with van der Waals surface area (Å²) in [5.74, 6) is 0.390. The van der Waals surface area contributed by atoms with E-state index in [1.165, 1.54) is 12.4 Å². The number of hydrazine groups is 1. The Labute approximate surface area is 221 Å². The Bertz CT molecular complexity index is 1440. The van der Waals surface area contributed by atoms with Crippen molar-refractivity contribution in [3.05, 3.63) is 82.4 Å². The molecule has 0 bridgehead atoms. The summed E-state index contributed by atoms with van der Waals surface area (Å²) in [7, 11) is 0.924. The van der Waals surface area contributed by atoms with Gasteiger partial charge in [-0.2, -0.15) is 8.42 Å². The first kappa shape index (κ1) is 26.5. The highest BCUT2D eigenvalue weighted by Crippen LogP contribution is 2.37. The lowest BCUT2D eigenvalue weighted by Gasteiger charge is -2.22. The van der Waals surface area contributed by atoms with Gasteiger partial charge < -0.3 is 20.0 Å². The van der Waals surface area contributed by atoms with Gasteiger partial charge in [0.15, 0.2) is 0 Å². The van der Waals surface area contributed by atoms with Gasteiger partial charge in [0.1, 0.15) is 12.1 Å². The normalized spacial score (nSPS) is 13.0. The molecule has 0 saturated heterocycles. The summed E-state index contributed by atoms with van der Waals surface area (Å²) in [4.78, 5) is 14.4. The van der Waals surface area contributed by atoms with Crippen LogP contribution in [0.5, 0.6) is 5.75 Å². The molecular weight excluding hydrogens is 514 g/mol. The summed E-state index contributed by atoms with van der Waals surface area (Å²) < 4.78 is 35.7. The Morgan fingerprint density at radius 2 is 1.86 bits per heavy atom. The molecule has 2 N–H and O–H groups in total. The zero-order valence-corrected chi connectivity index (χ0v) is 22.3. The van der Waals surface area contributed by atoms with E-state index in [1.807, 2.05) is 29.3 Å². The topological polar surface area (TPSA) is 103 Å². The zero-order chi connectivity index (χ0) is 26.6. The Balaban J connectivity index is 1.71. The lowest BCUT2D eigenvalue weighted by molar-refractivity contribution is -0.115. The van der Waals surface area contributed by atoms with E-state index < -0.39 is 10.0 Å². The number of carbonyl (C=O) groups excluding carboxylic acids is 1. The number of amides is 1. The first-order valence-corrected chi connectivity index (χ1v) is 13.3. The van der Waals surface area contributed by atoms with E-state index in [-0.39, 0.29) is 23.8 Å². The molecule has 0 aliphatic carbocycles. The maximum atomic E-state index is 13.2. The number of benzene rings is 3. The Morgan fingerprint density at radius 1 is 1.16 bits per heavy atom. The van der Waals surface area contributed by atoms with Crippen LogP contribution >= 0.6 is 11.6 Å². The van der Waals surface area contributed by atoms with Gasteiger partial charge in [-0.15, -0.1) is 4.40 Å². The molecule has 0 atom stereocenters. The molecule has 1 aliphatic heterocycles. The third kappa shape index (κ3) is 6.22. The SMILES string of the molecule is COc1ccccc1CN1NCc2c1cc(NC(=O)Cc1ccccc1Cl)cc2S(=O)(=O)N=CN(C)C. The van der Waals surface area contributed by atoms with E-state index in [0.29, 0.717) is 39.8 Å². The number of carbonyl (C=O) groups is 1. The lowest BCUT2D eigenvalue weighted by Crippen LogP contribution is -2.31. The van der Waals surface area contributed by atoms with Gasteiger partial charge in [-0.25, -0.2) is 5.43 Å². The van der Waals surface area contributed by atoms with Crippen LogP contribution in [0.25, 0.3) is 0 Å². The minimum absolute atomic E-state index is 0.0196. The second-order valence-corrected chi connectivity index (χ2v) is 10.7. The first-order valence-electron chi connectivity index (χ1n) is 11.5. The van der Waals surface area contributed by atoms with Crippen molar-refractivity contribution in [2.24, 2.45) is 4.40 Å². The van der Waals surface area contributed by atoms with Gasteiger partial charge in [-0.3, -0.25) is 4.79 Å². The van der Waals surface area contributed by atoms with Gasteiger partial charge >= 0.3 is 0 Å². The van der Waals surface area contributed by atoms with E-state index in [0.717, 1.165) is 5.56 Å². The van der Waals surface area contributed by atoms with Crippen molar-refractivity contribution in [3.8, 4) is 5.75 Å². The molecule has 3 aromatic carbocycles. The molecule has 1 heterocycles. The Hall–Kier alpha value is -3.60. The van der Waals surface area contributed by atoms with Crippen molar-refractivity contribution in [2.45, 2.75) is 24.4 Å². The van der Waals surface area contributed by atoms with Crippen LogP contribution in [0.2, 0.25) is 5.02 Å². The molecular formula is C26H28ClN5O4S. The Morgan fingerprint density at radius 3 is 2.57 bits per heavy atom. The van der Waals surface area contributed by atoms with Crippen LogP contribution < -0.4 is 20.5 Å². The standard InChI is InChI=1S/C26H28ClN5O4S/c1-31(2)17-29-37(34,35)25-14-20(30-26(33)12-18-8-4-6-10-22(18)27)13-23-21(25)15-28-32(23)16-19-9-5-7-11-24(19)36-3/h4-11,13-14,17,28H,12,15-16H2,1-3H3,(H,30,33). The number of hydrogen-bond donors (Lipinski definition) is 2. The monoisotopic (exact) mass is 541 g/mol. The summed E-state index contributed by atoms with van der Waals surface area (Å²) in [6.45, 7) is 0.693. The van der Waals surface area contributed by atoms with Crippen LogP contribution in [0.3, 0.4) is 0 Å². The molecule has 0 aromatic heterocycles. The average molecular weight is 542 g/mol. The fraction of sp³-hybridized carbons (Fsp3) is 0.231. The van der Waals surface area contributed by atoms with E-state index in [9.17, 15) is 13.2 Å². The number of fused-ring (bicyclic) bond motifs is 1. The number of anilines is 2. The molecule has 37 heavy (non-hydrogen) atoms. The summed E-state index contributed by atoms with van der Waals surface area (Å²) >= 11 is 6.21. The molecule has 11 heteroatoms. The third-order valence-corrected chi connectivity index (χ3v) is 7.39. The molecule has 9 nitrogen and oxygen atoms in total. The van der Waals surface area contributed by atoms with Crippen molar-refractivity contribution in [2.75, 3.05) is 31.5 Å². The van der Waals surface area contributed by atoms with E-state index in [4.69, 9.17) is 16.3 Å². The maximum absolute atomic E-state index is 13.2. The molecule has 0 unspecified atom stereocenters. The number of nitrogens with one attached hydrogen (secondary N) is 2. The van der Waals surface area contributed by atoms with Crippen molar-refractivity contribution in [1.29, 1.82) is 0 Å². The number of sulfonamides is 1.